The lowest BCUT2D eigenvalue weighted by atomic mass is 9.98. The van der Waals surface area contributed by atoms with Crippen LogP contribution in [0.3, 0.4) is 0 Å². The molecule has 1 aromatic rings. The Labute approximate surface area is 428 Å². The minimum Gasteiger partial charge on any atom is -0.459 e. The van der Waals surface area contributed by atoms with E-state index < -0.39 is 17.9 Å². The number of hydrogen-bond acceptors (Lipinski definition) is 6. The molecular weight excluding hydrogens is 853 g/mol. The van der Waals surface area contributed by atoms with Crippen molar-refractivity contribution in [2.75, 3.05) is 0 Å². The largest absolute Gasteiger partial charge is 0.459 e. The van der Waals surface area contributed by atoms with Gasteiger partial charge < -0.3 is 14.2 Å². The molecule has 1 rings (SSSR count). The van der Waals surface area contributed by atoms with Crippen molar-refractivity contribution in [2.45, 2.75) is 349 Å². The van der Waals surface area contributed by atoms with Gasteiger partial charge in [0.1, 0.15) is 18.3 Å². The normalized spacial score (nSPS) is 12.8. The summed E-state index contributed by atoms with van der Waals surface area (Å²) in [6.45, 7) is 13.5. The first-order valence-electron chi connectivity index (χ1n) is 30.6. The molecule has 0 aliphatic rings. The van der Waals surface area contributed by atoms with Gasteiger partial charge in [0.15, 0.2) is 0 Å². The molecule has 0 saturated heterocycles. The van der Waals surface area contributed by atoms with Gasteiger partial charge in [-0.1, -0.05) is 259 Å². The summed E-state index contributed by atoms with van der Waals surface area (Å²) in [5, 5.41) is 0. The van der Waals surface area contributed by atoms with Crippen LogP contribution in [0.2, 0.25) is 0 Å². The highest BCUT2D eigenvalue weighted by Gasteiger charge is 2.31. The smallest absolute Gasteiger partial charge is 0.340 e. The molecule has 0 N–H and O–H groups in total. The van der Waals surface area contributed by atoms with E-state index in [4.69, 9.17) is 14.2 Å². The topological polar surface area (TPSA) is 78.9 Å². The minimum atomic E-state index is -0.590. The molecule has 0 aromatic heterocycles. The molecule has 402 valence electrons. The number of esters is 3. The minimum absolute atomic E-state index is 0.0310. The average molecular weight is 968 g/mol. The lowest BCUT2D eigenvalue weighted by molar-refractivity contribution is 0.0180. The molecule has 69 heavy (non-hydrogen) atoms. The van der Waals surface area contributed by atoms with E-state index in [0.29, 0.717) is 0 Å². The van der Waals surface area contributed by atoms with Crippen molar-refractivity contribution in [3.63, 3.8) is 0 Å². The summed E-state index contributed by atoms with van der Waals surface area (Å²) in [4.78, 5) is 44.0. The standard InChI is InChI=1S/C63H114O6/c1-7-13-19-25-31-37-43-49-55(47-40-34-28-22-16-10-4)67-61(64)58-53-46-54-59(62(65)68-56(48-41-35-29-23-17-11-5)50-44-38-32-26-20-14-8-2)60(58)63(66)69-57(51-42-36-30-24-18-12-6)52-45-39-33-27-21-15-9-3/h46,53-57H,7-45,47-52H2,1-6H3. The molecule has 6 nitrogen and oxygen atoms in total. The second-order valence-corrected chi connectivity index (χ2v) is 21.2. The lowest BCUT2D eigenvalue weighted by Gasteiger charge is -2.23. The average Bonchev–Trinajstić information content (AvgIpc) is 3.35. The number of rotatable bonds is 51. The fraction of sp³-hybridized carbons (Fsp3) is 0.857. The van der Waals surface area contributed by atoms with E-state index in [2.05, 4.69) is 41.5 Å². The quantitative estimate of drug-likeness (QED) is 0.0368. The summed E-state index contributed by atoms with van der Waals surface area (Å²) >= 11 is 0. The van der Waals surface area contributed by atoms with Crippen LogP contribution in [0.25, 0.3) is 0 Å². The van der Waals surface area contributed by atoms with Crippen molar-refractivity contribution in [2.24, 2.45) is 0 Å². The Morgan fingerprint density at radius 1 is 0.290 bits per heavy atom. The predicted molar refractivity (Wildman–Crippen MR) is 296 cm³/mol. The number of ether oxygens (including phenoxy) is 3. The van der Waals surface area contributed by atoms with Gasteiger partial charge in [-0.15, -0.1) is 0 Å². The number of benzene rings is 1. The van der Waals surface area contributed by atoms with Crippen molar-refractivity contribution in [3.8, 4) is 0 Å². The molecule has 0 heterocycles. The van der Waals surface area contributed by atoms with Crippen LogP contribution in [0.1, 0.15) is 362 Å². The highest BCUT2D eigenvalue weighted by molar-refractivity contribution is 6.10. The second-order valence-electron chi connectivity index (χ2n) is 21.2. The third-order valence-electron chi connectivity index (χ3n) is 14.6. The van der Waals surface area contributed by atoms with Crippen LogP contribution in [-0.4, -0.2) is 36.2 Å². The molecule has 0 amide bonds. The maximum absolute atomic E-state index is 14.9. The monoisotopic (exact) mass is 967 g/mol. The van der Waals surface area contributed by atoms with Crippen molar-refractivity contribution in [3.05, 3.63) is 34.9 Å². The molecule has 1 aromatic carbocycles. The van der Waals surface area contributed by atoms with Crippen molar-refractivity contribution in [1.82, 2.24) is 0 Å². The van der Waals surface area contributed by atoms with Crippen molar-refractivity contribution < 1.29 is 28.6 Å². The van der Waals surface area contributed by atoms with Crippen LogP contribution in [0.5, 0.6) is 0 Å². The summed E-state index contributed by atoms with van der Waals surface area (Å²) in [5.41, 5.74) is 0.301. The fourth-order valence-electron chi connectivity index (χ4n) is 9.98. The Morgan fingerprint density at radius 3 is 0.696 bits per heavy atom. The summed E-state index contributed by atoms with van der Waals surface area (Å²) < 4.78 is 19.4. The molecule has 0 bridgehead atoms. The van der Waals surface area contributed by atoms with Gasteiger partial charge in [-0.25, -0.2) is 14.4 Å². The van der Waals surface area contributed by atoms with Gasteiger partial charge in [-0.2, -0.15) is 0 Å². The Balaban J connectivity index is 3.54. The van der Waals surface area contributed by atoms with Gasteiger partial charge in [-0.3, -0.25) is 0 Å². The van der Waals surface area contributed by atoms with E-state index >= 15 is 0 Å². The Kier molecular flexibility index (Phi) is 44.9. The zero-order valence-corrected chi connectivity index (χ0v) is 46.7. The zero-order chi connectivity index (χ0) is 50.3. The van der Waals surface area contributed by atoms with Crippen LogP contribution in [-0.2, 0) is 14.2 Å². The summed E-state index contributed by atoms with van der Waals surface area (Å²) in [7, 11) is 0. The van der Waals surface area contributed by atoms with Crippen LogP contribution >= 0.6 is 0 Å². The maximum atomic E-state index is 14.9. The molecule has 0 spiro atoms. The SMILES string of the molecule is CCCCCCCCCC(CCCCCCCC)OC(=O)c1cccc(C(=O)OC(CCCCCCCC)CCCCCCCCC)c1C(=O)OC(CCCCCCCC)CCCCCCCCC. The van der Waals surface area contributed by atoms with Gasteiger partial charge in [0, 0.05) is 0 Å². The van der Waals surface area contributed by atoms with Crippen LogP contribution in [0.15, 0.2) is 18.2 Å². The third-order valence-corrected chi connectivity index (χ3v) is 14.6. The number of unbranched alkanes of at least 4 members (excludes halogenated alkanes) is 33. The summed E-state index contributed by atoms with van der Waals surface area (Å²) in [5.74, 6) is -1.64. The van der Waals surface area contributed by atoms with E-state index in [1.807, 2.05) is 0 Å². The van der Waals surface area contributed by atoms with E-state index in [0.717, 1.165) is 116 Å². The van der Waals surface area contributed by atoms with Gasteiger partial charge in [-0.05, 0) is 89.2 Å². The van der Waals surface area contributed by atoms with Gasteiger partial charge in [0.25, 0.3) is 0 Å². The third kappa shape index (κ3) is 35.4. The Bertz CT molecular complexity index is 1250. The lowest BCUT2D eigenvalue weighted by Crippen LogP contribution is -2.27. The first kappa shape index (κ1) is 64.6. The Morgan fingerprint density at radius 2 is 0.478 bits per heavy atom. The van der Waals surface area contributed by atoms with Crippen LogP contribution in [0, 0.1) is 0 Å². The van der Waals surface area contributed by atoms with Crippen LogP contribution in [0.4, 0.5) is 0 Å². The molecular formula is C63H114O6. The Hall–Kier alpha value is -2.37. The van der Waals surface area contributed by atoms with Crippen molar-refractivity contribution >= 4 is 17.9 Å². The van der Waals surface area contributed by atoms with E-state index in [9.17, 15) is 14.4 Å². The number of carbonyl (C=O) groups excluding carboxylic acids is 3. The highest BCUT2D eigenvalue weighted by atomic mass is 16.6. The van der Waals surface area contributed by atoms with Gasteiger partial charge in [0.05, 0.1) is 16.7 Å². The molecule has 0 saturated carbocycles. The van der Waals surface area contributed by atoms with E-state index in [-0.39, 0.29) is 35.0 Å². The summed E-state index contributed by atoms with van der Waals surface area (Å²) in [6, 6.07) is 5.08. The van der Waals surface area contributed by atoms with E-state index in [1.165, 1.54) is 173 Å². The first-order valence-corrected chi connectivity index (χ1v) is 30.6. The second kappa shape index (κ2) is 47.9. The molecule has 6 heteroatoms. The number of hydrogen-bond donors (Lipinski definition) is 0. The zero-order valence-electron chi connectivity index (χ0n) is 46.7. The number of carbonyl (C=O) groups is 3. The summed E-state index contributed by atoms with van der Waals surface area (Å²) in [6.07, 6.45) is 50.3. The highest BCUT2D eigenvalue weighted by Crippen LogP contribution is 2.27. The molecule has 3 unspecified atom stereocenters. The van der Waals surface area contributed by atoms with Crippen molar-refractivity contribution in [1.29, 1.82) is 0 Å². The van der Waals surface area contributed by atoms with Gasteiger partial charge >= 0.3 is 17.9 Å². The maximum Gasteiger partial charge on any atom is 0.340 e. The molecule has 0 aliphatic heterocycles. The predicted octanol–water partition coefficient (Wildman–Crippen LogP) is 20.9. The molecule has 0 radical (unpaired) electrons. The molecule has 0 fully saturated rings. The fourth-order valence-corrected chi connectivity index (χ4v) is 9.98. The van der Waals surface area contributed by atoms with Gasteiger partial charge in [0.2, 0.25) is 0 Å². The molecule has 3 atom stereocenters. The first-order chi connectivity index (χ1) is 33.9. The molecule has 0 aliphatic carbocycles. The van der Waals surface area contributed by atoms with E-state index in [1.54, 1.807) is 18.2 Å². The van der Waals surface area contributed by atoms with Crippen LogP contribution < -0.4 is 0 Å².